The fraction of sp³-hybridized carbons (Fsp3) is 0.409. The van der Waals surface area contributed by atoms with E-state index in [0.717, 1.165) is 42.7 Å². The molecule has 0 radical (unpaired) electrons. The summed E-state index contributed by atoms with van der Waals surface area (Å²) in [7, 11) is 0. The maximum absolute atomic E-state index is 12.6. The van der Waals surface area contributed by atoms with Crippen molar-refractivity contribution in [3.63, 3.8) is 0 Å². The first-order valence-electron chi connectivity index (χ1n) is 9.89. The van der Waals surface area contributed by atoms with Crippen LogP contribution in [0.25, 0.3) is 0 Å². The largest absolute Gasteiger partial charge is 0.370 e. The molecule has 2 N–H and O–H groups in total. The van der Waals surface area contributed by atoms with E-state index in [1.807, 2.05) is 36.9 Å². The molecule has 1 fully saturated rings. The number of hydrogen-bond acceptors (Lipinski definition) is 4. The van der Waals surface area contributed by atoms with E-state index in [9.17, 15) is 9.59 Å². The molecule has 0 spiro atoms. The van der Waals surface area contributed by atoms with Crippen LogP contribution in [0.4, 0.5) is 11.5 Å². The second-order valence-corrected chi connectivity index (χ2v) is 7.33. The summed E-state index contributed by atoms with van der Waals surface area (Å²) >= 11 is 0. The standard InChI is InChI=1S/C22H28N4O2/c1-16-6-7-17(2)19(14-16)25-21(27)9-11-24-20-15-18(8-10-23-20)22(28)26-12-4-3-5-13-26/h6-8,10,14-15H,3-5,9,11-13H2,1-2H3,(H,23,24)(H,25,27). The van der Waals surface area contributed by atoms with Gasteiger partial charge in [-0.1, -0.05) is 12.1 Å². The van der Waals surface area contributed by atoms with Gasteiger partial charge in [-0.05, 0) is 62.4 Å². The van der Waals surface area contributed by atoms with Gasteiger partial charge in [0.25, 0.3) is 5.91 Å². The molecule has 0 saturated carbocycles. The third-order valence-electron chi connectivity index (χ3n) is 4.98. The third kappa shape index (κ3) is 5.31. The van der Waals surface area contributed by atoms with E-state index in [0.29, 0.717) is 24.3 Å². The molecule has 0 aliphatic carbocycles. The lowest BCUT2D eigenvalue weighted by atomic mass is 10.1. The number of anilines is 2. The lowest BCUT2D eigenvalue weighted by Crippen LogP contribution is -2.35. The summed E-state index contributed by atoms with van der Waals surface area (Å²) < 4.78 is 0. The van der Waals surface area contributed by atoms with E-state index in [2.05, 4.69) is 15.6 Å². The normalized spacial score (nSPS) is 13.9. The molecule has 2 amide bonds. The van der Waals surface area contributed by atoms with Crippen LogP contribution in [0.5, 0.6) is 0 Å². The van der Waals surface area contributed by atoms with E-state index in [1.165, 1.54) is 6.42 Å². The zero-order valence-corrected chi connectivity index (χ0v) is 16.6. The summed E-state index contributed by atoms with van der Waals surface area (Å²) in [5.41, 5.74) is 3.63. The molecule has 3 rings (SSSR count). The number of hydrogen-bond donors (Lipinski definition) is 2. The first kappa shape index (κ1) is 19.9. The number of nitrogens with zero attached hydrogens (tertiary/aromatic N) is 2. The number of aromatic nitrogens is 1. The molecule has 1 aliphatic heterocycles. The minimum atomic E-state index is -0.0539. The number of piperidine rings is 1. The van der Waals surface area contributed by atoms with Gasteiger partial charge in [-0.3, -0.25) is 9.59 Å². The number of amides is 2. The highest BCUT2D eigenvalue weighted by Gasteiger charge is 2.18. The minimum absolute atomic E-state index is 0.0535. The Kier molecular flexibility index (Phi) is 6.63. The lowest BCUT2D eigenvalue weighted by Gasteiger charge is -2.26. The van der Waals surface area contributed by atoms with Crippen molar-refractivity contribution >= 4 is 23.3 Å². The first-order chi connectivity index (χ1) is 13.5. The topological polar surface area (TPSA) is 74.3 Å². The van der Waals surface area contributed by atoms with Crippen LogP contribution in [-0.4, -0.2) is 41.3 Å². The van der Waals surface area contributed by atoms with Gasteiger partial charge in [0.2, 0.25) is 5.91 Å². The van der Waals surface area contributed by atoms with Crippen molar-refractivity contribution in [2.24, 2.45) is 0 Å². The Bertz CT molecular complexity index is 844. The van der Waals surface area contributed by atoms with E-state index >= 15 is 0 Å². The fourth-order valence-corrected chi connectivity index (χ4v) is 3.33. The fourth-order valence-electron chi connectivity index (χ4n) is 3.33. The predicted octanol–water partition coefficient (Wildman–Crippen LogP) is 3.77. The molecule has 6 heteroatoms. The van der Waals surface area contributed by atoms with Gasteiger partial charge in [0, 0.05) is 43.5 Å². The summed E-state index contributed by atoms with van der Waals surface area (Å²) in [5.74, 6) is 0.613. The molecule has 0 atom stereocenters. The molecule has 148 valence electrons. The van der Waals surface area contributed by atoms with Crippen molar-refractivity contribution in [2.75, 3.05) is 30.3 Å². The Morgan fingerprint density at radius 2 is 1.86 bits per heavy atom. The Morgan fingerprint density at radius 1 is 1.07 bits per heavy atom. The molecule has 0 unspecified atom stereocenters. The average molecular weight is 380 g/mol. The van der Waals surface area contributed by atoms with Crippen molar-refractivity contribution in [1.82, 2.24) is 9.88 Å². The van der Waals surface area contributed by atoms with Crippen LogP contribution in [0.15, 0.2) is 36.5 Å². The zero-order chi connectivity index (χ0) is 19.9. The number of pyridine rings is 1. The average Bonchev–Trinajstić information content (AvgIpc) is 2.71. The van der Waals surface area contributed by atoms with E-state index < -0.39 is 0 Å². The van der Waals surface area contributed by atoms with Gasteiger partial charge in [0.1, 0.15) is 5.82 Å². The van der Waals surface area contributed by atoms with Gasteiger partial charge in [-0.25, -0.2) is 4.98 Å². The molecule has 2 heterocycles. The lowest BCUT2D eigenvalue weighted by molar-refractivity contribution is -0.115. The number of benzene rings is 1. The minimum Gasteiger partial charge on any atom is -0.370 e. The number of carbonyl (C=O) groups is 2. The van der Waals surface area contributed by atoms with E-state index in [4.69, 9.17) is 0 Å². The Balaban J connectivity index is 1.51. The maximum atomic E-state index is 12.6. The van der Waals surface area contributed by atoms with Gasteiger partial charge in [0.05, 0.1) is 0 Å². The maximum Gasteiger partial charge on any atom is 0.254 e. The van der Waals surface area contributed by atoms with Gasteiger partial charge in [0.15, 0.2) is 0 Å². The molecule has 1 aromatic carbocycles. The summed E-state index contributed by atoms with van der Waals surface area (Å²) in [5, 5.41) is 6.09. The molecular formula is C22H28N4O2. The monoisotopic (exact) mass is 380 g/mol. The highest BCUT2D eigenvalue weighted by atomic mass is 16.2. The zero-order valence-electron chi connectivity index (χ0n) is 16.6. The molecule has 0 bridgehead atoms. The van der Waals surface area contributed by atoms with Crippen LogP contribution in [0, 0.1) is 13.8 Å². The van der Waals surface area contributed by atoms with Crippen molar-refractivity contribution < 1.29 is 9.59 Å². The highest BCUT2D eigenvalue weighted by molar-refractivity contribution is 5.95. The van der Waals surface area contributed by atoms with Crippen LogP contribution in [0.3, 0.4) is 0 Å². The number of nitrogens with one attached hydrogen (secondary N) is 2. The molecular weight excluding hydrogens is 352 g/mol. The first-order valence-corrected chi connectivity index (χ1v) is 9.89. The van der Waals surface area contributed by atoms with E-state index in [-0.39, 0.29) is 11.8 Å². The van der Waals surface area contributed by atoms with Crippen molar-refractivity contribution in [3.8, 4) is 0 Å². The molecule has 6 nitrogen and oxygen atoms in total. The summed E-state index contributed by atoms with van der Waals surface area (Å²) in [6, 6.07) is 9.50. The molecule has 28 heavy (non-hydrogen) atoms. The quantitative estimate of drug-likeness (QED) is 0.800. The van der Waals surface area contributed by atoms with E-state index in [1.54, 1.807) is 18.3 Å². The van der Waals surface area contributed by atoms with Crippen LogP contribution >= 0.6 is 0 Å². The Labute approximate surface area is 166 Å². The summed E-state index contributed by atoms with van der Waals surface area (Å²) in [6.45, 7) is 6.07. The molecule has 1 aromatic heterocycles. The van der Waals surface area contributed by atoms with Crippen LogP contribution in [0.2, 0.25) is 0 Å². The predicted molar refractivity (Wildman–Crippen MR) is 112 cm³/mol. The van der Waals surface area contributed by atoms with Gasteiger partial charge in [-0.2, -0.15) is 0 Å². The summed E-state index contributed by atoms with van der Waals surface area (Å²) in [6.07, 6.45) is 5.28. The third-order valence-corrected chi connectivity index (χ3v) is 4.98. The van der Waals surface area contributed by atoms with Gasteiger partial charge >= 0.3 is 0 Å². The number of likely N-dealkylation sites (tertiary alicyclic amines) is 1. The Morgan fingerprint density at radius 3 is 2.64 bits per heavy atom. The van der Waals surface area contributed by atoms with Crippen molar-refractivity contribution in [3.05, 3.63) is 53.2 Å². The number of carbonyl (C=O) groups excluding carboxylic acids is 2. The van der Waals surface area contributed by atoms with Crippen molar-refractivity contribution in [1.29, 1.82) is 0 Å². The summed E-state index contributed by atoms with van der Waals surface area (Å²) in [4.78, 5) is 31.0. The number of aryl methyl sites for hydroxylation is 2. The SMILES string of the molecule is Cc1ccc(C)c(NC(=O)CCNc2cc(C(=O)N3CCCCC3)ccn2)c1. The molecule has 1 aliphatic rings. The molecule has 2 aromatic rings. The smallest absolute Gasteiger partial charge is 0.254 e. The van der Waals surface area contributed by atoms with Gasteiger partial charge < -0.3 is 15.5 Å². The van der Waals surface area contributed by atoms with Crippen LogP contribution in [0.1, 0.15) is 47.2 Å². The van der Waals surface area contributed by atoms with Crippen molar-refractivity contribution in [2.45, 2.75) is 39.5 Å². The Hall–Kier alpha value is -2.89. The number of rotatable bonds is 6. The van der Waals surface area contributed by atoms with Crippen LogP contribution in [-0.2, 0) is 4.79 Å². The second-order valence-electron chi connectivity index (χ2n) is 7.33. The highest BCUT2D eigenvalue weighted by Crippen LogP contribution is 2.17. The van der Waals surface area contributed by atoms with Crippen LogP contribution < -0.4 is 10.6 Å². The van der Waals surface area contributed by atoms with Gasteiger partial charge in [-0.15, -0.1) is 0 Å². The second kappa shape index (κ2) is 9.35. The molecule has 1 saturated heterocycles.